The van der Waals surface area contributed by atoms with Gasteiger partial charge in [0.2, 0.25) is 5.95 Å². The second kappa shape index (κ2) is 5.95. The van der Waals surface area contributed by atoms with Crippen molar-refractivity contribution < 1.29 is 4.79 Å². The minimum absolute atomic E-state index is 0.211. The lowest BCUT2D eigenvalue weighted by atomic mass is 10.1. The van der Waals surface area contributed by atoms with Crippen LogP contribution < -0.4 is 10.6 Å². The molecule has 2 rings (SSSR count). The summed E-state index contributed by atoms with van der Waals surface area (Å²) in [4.78, 5) is 19.9. The monoisotopic (exact) mass is 256 g/mol. The van der Waals surface area contributed by atoms with Crippen LogP contribution in [0.25, 0.3) is 0 Å². The molecule has 5 nitrogen and oxygen atoms in total. The zero-order chi connectivity index (χ0) is 13.7. The van der Waals surface area contributed by atoms with Gasteiger partial charge in [-0.25, -0.2) is 9.97 Å². The maximum atomic E-state index is 12.0. The van der Waals surface area contributed by atoms with Gasteiger partial charge in [0.15, 0.2) is 0 Å². The van der Waals surface area contributed by atoms with E-state index in [1.165, 1.54) is 0 Å². The summed E-state index contributed by atoms with van der Waals surface area (Å²) < 4.78 is 0. The molecule has 19 heavy (non-hydrogen) atoms. The molecule has 0 atom stereocenters. The smallest absolute Gasteiger partial charge is 0.258 e. The lowest BCUT2D eigenvalue weighted by Crippen LogP contribution is -2.14. The van der Waals surface area contributed by atoms with Gasteiger partial charge in [0.1, 0.15) is 0 Å². The normalized spacial score (nSPS) is 10.0. The molecule has 0 unspecified atom stereocenters. The number of nitrogens with zero attached hydrogens (tertiary/aromatic N) is 2. The van der Waals surface area contributed by atoms with Gasteiger partial charge < -0.3 is 5.32 Å². The summed E-state index contributed by atoms with van der Waals surface area (Å²) in [5, 5.41) is 5.89. The standard InChI is InChI=1S/C14H16N4O/c1-3-15-12-6-5-11(9-10(12)2)13(19)18-14-16-7-4-8-17-14/h4-9,15H,3H2,1-2H3,(H,16,17,18,19). The Morgan fingerprint density at radius 1 is 1.26 bits per heavy atom. The second-order valence-electron chi connectivity index (χ2n) is 4.09. The maximum absolute atomic E-state index is 12.0. The molecule has 0 radical (unpaired) electrons. The Labute approximate surface area is 112 Å². The number of carbonyl (C=O) groups is 1. The molecule has 5 heteroatoms. The third kappa shape index (κ3) is 3.28. The van der Waals surface area contributed by atoms with Crippen molar-refractivity contribution in [2.24, 2.45) is 0 Å². The summed E-state index contributed by atoms with van der Waals surface area (Å²) >= 11 is 0. The van der Waals surface area contributed by atoms with E-state index in [4.69, 9.17) is 0 Å². The van der Waals surface area contributed by atoms with Gasteiger partial charge in [-0.3, -0.25) is 10.1 Å². The van der Waals surface area contributed by atoms with Gasteiger partial charge in [0, 0.05) is 30.2 Å². The quantitative estimate of drug-likeness (QED) is 0.881. The van der Waals surface area contributed by atoms with Crippen LogP contribution in [0.3, 0.4) is 0 Å². The summed E-state index contributed by atoms with van der Waals surface area (Å²) in [6.45, 7) is 4.85. The van der Waals surface area contributed by atoms with E-state index in [-0.39, 0.29) is 5.91 Å². The lowest BCUT2D eigenvalue weighted by Gasteiger charge is -2.09. The van der Waals surface area contributed by atoms with Crippen LogP contribution in [-0.4, -0.2) is 22.4 Å². The maximum Gasteiger partial charge on any atom is 0.258 e. The van der Waals surface area contributed by atoms with Crippen LogP contribution in [0.2, 0.25) is 0 Å². The summed E-state index contributed by atoms with van der Waals surface area (Å²) in [7, 11) is 0. The van der Waals surface area contributed by atoms with E-state index < -0.39 is 0 Å². The highest BCUT2D eigenvalue weighted by atomic mass is 16.1. The van der Waals surface area contributed by atoms with Crippen molar-refractivity contribution in [3.05, 3.63) is 47.8 Å². The molecule has 98 valence electrons. The molecule has 0 aliphatic carbocycles. The zero-order valence-electron chi connectivity index (χ0n) is 11.0. The van der Waals surface area contributed by atoms with Crippen LogP contribution >= 0.6 is 0 Å². The van der Waals surface area contributed by atoms with Crippen LogP contribution in [-0.2, 0) is 0 Å². The van der Waals surface area contributed by atoms with E-state index in [1.807, 2.05) is 26.0 Å². The molecule has 0 aliphatic heterocycles. The van der Waals surface area contributed by atoms with Crippen LogP contribution in [0, 0.1) is 6.92 Å². The second-order valence-corrected chi connectivity index (χ2v) is 4.09. The number of aryl methyl sites for hydroxylation is 1. The van der Waals surface area contributed by atoms with Gasteiger partial charge >= 0.3 is 0 Å². The highest BCUT2D eigenvalue weighted by Gasteiger charge is 2.08. The molecule has 2 N–H and O–H groups in total. The SMILES string of the molecule is CCNc1ccc(C(=O)Nc2ncccn2)cc1C. The topological polar surface area (TPSA) is 66.9 Å². The number of hydrogen-bond acceptors (Lipinski definition) is 4. The minimum atomic E-state index is -0.211. The molecule has 0 bridgehead atoms. The number of amides is 1. The summed E-state index contributed by atoms with van der Waals surface area (Å²) in [6, 6.07) is 7.23. The fourth-order valence-corrected chi connectivity index (χ4v) is 1.73. The molecule has 1 aromatic carbocycles. The van der Waals surface area contributed by atoms with Gasteiger partial charge in [0.25, 0.3) is 5.91 Å². The molecule has 0 saturated carbocycles. The Balaban J connectivity index is 2.14. The van der Waals surface area contributed by atoms with E-state index in [0.29, 0.717) is 11.5 Å². The number of hydrogen-bond donors (Lipinski definition) is 2. The zero-order valence-corrected chi connectivity index (χ0v) is 11.0. The van der Waals surface area contributed by atoms with Crippen LogP contribution in [0.5, 0.6) is 0 Å². The first kappa shape index (κ1) is 13.0. The molecule has 1 aromatic heterocycles. The predicted octanol–water partition coefficient (Wildman–Crippen LogP) is 2.47. The van der Waals surface area contributed by atoms with Gasteiger partial charge in [-0.1, -0.05) is 0 Å². The Bertz CT molecular complexity index is 569. The molecule has 2 aromatic rings. The number of carbonyl (C=O) groups excluding carboxylic acids is 1. The first-order chi connectivity index (χ1) is 9.20. The number of anilines is 2. The number of aromatic nitrogens is 2. The molecule has 1 heterocycles. The fourth-order valence-electron chi connectivity index (χ4n) is 1.73. The third-order valence-corrected chi connectivity index (χ3v) is 2.65. The molecule has 0 saturated heterocycles. The number of rotatable bonds is 4. The molecule has 1 amide bonds. The minimum Gasteiger partial charge on any atom is -0.385 e. The van der Waals surface area contributed by atoms with Crippen LogP contribution in [0.4, 0.5) is 11.6 Å². The predicted molar refractivity (Wildman–Crippen MR) is 75.3 cm³/mol. The summed E-state index contributed by atoms with van der Waals surface area (Å²) in [5.74, 6) is 0.0956. The Kier molecular flexibility index (Phi) is 4.07. The van der Waals surface area contributed by atoms with E-state index in [1.54, 1.807) is 24.5 Å². The summed E-state index contributed by atoms with van der Waals surface area (Å²) in [6.07, 6.45) is 3.17. The number of benzene rings is 1. The van der Waals surface area contributed by atoms with E-state index in [0.717, 1.165) is 17.8 Å². The van der Waals surface area contributed by atoms with E-state index in [2.05, 4.69) is 20.6 Å². The highest BCUT2D eigenvalue weighted by molar-refractivity contribution is 6.03. The summed E-state index contributed by atoms with van der Waals surface area (Å²) in [5.41, 5.74) is 2.66. The van der Waals surface area contributed by atoms with Gasteiger partial charge in [-0.2, -0.15) is 0 Å². The van der Waals surface area contributed by atoms with Crippen LogP contribution in [0.15, 0.2) is 36.7 Å². The third-order valence-electron chi connectivity index (χ3n) is 2.65. The van der Waals surface area contributed by atoms with Crippen molar-refractivity contribution in [2.75, 3.05) is 17.2 Å². The van der Waals surface area contributed by atoms with Gasteiger partial charge in [0.05, 0.1) is 0 Å². The molecular weight excluding hydrogens is 240 g/mol. The van der Waals surface area contributed by atoms with Crippen LogP contribution in [0.1, 0.15) is 22.8 Å². The highest BCUT2D eigenvalue weighted by Crippen LogP contribution is 2.16. The Morgan fingerprint density at radius 2 is 2.00 bits per heavy atom. The van der Waals surface area contributed by atoms with Crippen molar-refractivity contribution >= 4 is 17.5 Å². The molecule has 0 aliphatic rings. The first-order valence-electron chi connectivity index (χ1n) is 6.13. The van der Waals surface area contributed by atoms with E-state index in [9.17, 15) is 4.79 Å². The Hall–Kier alpha value is -2.43. The average molecular weight is 256 g/mol. The van der Waals surface area contributed by atoms with Crippen molar-refractivity contribution in [3.8, 4) is 0 Å². The van der Waals surface area contributed by atoms with Crippen molar-refractivity contribution in [1.29, 1.82) is 0 Å². The molecular formula is C14H16N4O. The van der Waals surface area contributed by atoms with Crippen molar-refractivity contribution in [3.63, 3.8) is 0 Å². The average Bonchev–Trinajstić information content (AvgIpc) is 2.42. The number of nitrogens with one attached hydrogen (secondary N) is 2. The van der Waals surface area contributed by atoms with Gasteiger partial charge in [-0.15, -0.1) is 0 Å². The largest absolute Gasteiger partial charge is 0.385 e. The first-order valence-corrected chi connectivity index (χ1v) is 6.13. The van der Waals surface area contributed by atoms with Crippen molar-refractivity contribution in [1.82, 2.24) is 9.97 Å². The molecule has 0 fully saturated rings. The van der Waals surface area contributed by atoms with Gasteiger partial charge in [-0.05, 0) is 43.7 Å². The van der Waals surface area contributed by atoms with E-state index >= 15 is 0 Å². The molecule has 0 spiro atoms. The fraction of sp³-hybridized carbons (Fsp3) is 0.214. The van der Waals surface area contributed by atoms with Crippen molar-refractivity contribution in [2.45, 2.75) is 13.8 Å². The Morgan fingerprint density at radius 3 is 2.63 bits per heavy atom. The lowest BCUT2D eigenvalue weighted by molar-refractivity contribution is 0.102.